The molecule has 0 bridgehead atoms. The SMILES string of the molecule is Cc1nn(C)c(C)c1C(NN)c1ccccc1Cl. The smallest absolute Gasteiger partial charge is 0.0760 e. The van der Waals surface area contributed by atoms with Crippen LogP contribution in [0.5, 0.6) is 0 Å². The summed E-state index contributed by atoms with van der Waals surface area (Å²) in [4.78, 5) is 0. The lowest BCUT2D eigenvalue weighted by Gasteiger charge is -2.18. The fourth-order valence-electron chi connectivity index (χ4n) is 2.25. The molecule has 18 heavy (non-hydrogen) atoms. The predicted octanol–water partition coefficient (Wildman–Crippen LogP) is 2.24. The Kier molecular flexibility index (Phi) is 3.71. The number of hydrogen-bond donors (Lipinski definition) is 2. The lowest BCUT2D eigenvalue weighted by Crippen LogP contribution is -2.29. The van der Waals surface area contributed by atoms with Gasteiger partial charge in [0.05, 0.1) is 11.7 Å². The Morgan fingerprint density at radius 1 is 1.33 bits per heavy atom. The van der Waals surface area contributed by atoms with Crippen LogP contribution in [0.3, 0.4) is 0 Å². The van der Waals surface area contributed by atoms with Crippen LogP contribution >= 0.6 is 11.6 Å². The Morgan fingerprint density at radius 3 is 2.50 bits per heavy atom. The van der Waals surface area contributed by atoms with Crippen LogP contribution in [0.25, 0.3) is 0 Å². The molecule has 4 nitrogen and oxygen atoms in total. The van der Waals surface area contributed by atoms with Crippen molar-refractivity contribution in [3.05, 3.63) is 51.8 Å². The van der Waals surface area contributed by atoms with Crippen molar-refractivity contribution in [3.8, 4) is 0 Å². The van der Waals surface area contributed by atoms with Crippen molar-refractivity contribution in [2.45, 2.75) is 19.9 Å². The molecule has 0 aliphatic heterocycles. The summed E-state index contributed by atoms with van der Waals surface area (Å²) < 4.78 is 1.85. The van der Waals surface area contributed by atoms with Crippen molar-refractivity contribution < 1.29 is 0 Å². The molecule has 0 saturated heterocycles. The molecule has 0 aliphatic carbocycles. The van der Waals surface area contributed by atoms with Gasteiger partial charge in [0.2, 0.25) is 0 Å². The molecule has 1 heterocycles. The van der Waals surface area contributed by atoms with Gasteiger partial charge in [-0.3, -0.25) is 10.5 Å². The first-order valence-corrected chi connectivity index (χ1v) is 6.14. The van der Waals surface area contributed by atoms with E-state index in [1.54, 1.807) is 0 Å². The second-order valence-electron chi connectivity index (χ2n) is 4.33. The summed E-state index contributed by atoms with van der Waals surface area (Å²) in [5.74, 6) is 5.71. The molecule has 1 unspecified atom stereocenters. The summed E-state index contributed by atoms with van der Waals surface area (Å²) in [6, 6.07) is 7.54. The first-order valence-electron chi connectivity index (χ1n) is 5.77. The van der Waals surface area contributed by atoms with Gasteiger partial charge in [-0.1, -0.05) is 29.8 Å². The van der Waals surface area contributed by atoms with Crippen LogP contribution in [-0.4, -0.2) is 9.78 Å². The number of halogens is 1. The van der Waals surface area contributed by atoms with Crippen LogP contribution in [-0.2, 0) is 7.05 Å². The van der Waals surface area contributed by atoms with E-state index in [0.717, 1.165) is 22.5 Å². The Morgan fingerprint density at radius 2 is 2.00 bits per heavy atom. The highest BCUT2D eigenvalue weighted by Gasteiger charge is 2.22. The van der Waals surface area contributed by atoms with Gasteiger partial charge < -0.3 is 0 Å². The Balaban J connectivity index is 2.56. The zero-order valence-corrected chi connectivity index (χ0v) is 11.5. The van der Waals surface area contributed by atoms with Gasteiger partial charge in [0.25, 0.3) is 0 Å². The van der Waals surface area contributed by atoms with E-state index in [0.29, 0.717) is 5.02 Å². The maximum absolute atomic E-state index is 6.24. The second kappa shape index (κ2) is 5.10. The minimum absolute atomic E-state index is 0.146. The third kappa shape index (κ3) is 2.14. The van der Waals surface area contributed by atoms with E-state index in [9.17, 15) is 0 Å². The fourth-order valence-corrected chi connectivity index (χ4v) is 2.49. The third-order valence-corrected chi connectivity index (χ3v) is 3.58. The minimum Gasteiger partial charge on any atom is -0.272 e. The average molecular weight is 265 g/mol. The number of rotatable bonds is 3. The van der Waals surface area contributed by atoms with Gasteiger partial charge >= 0.3 is 0 Å². The van der Waals surface area contributed by atoms with Crippen molar-refractivity contribution in [2.75, 3.05) is 0 Å². The van der Waals surface area contributed by atoms with Gasteiger partial charge in [-0.25, -0.2) is 5.43 Å². The molecule has 5 heteroatoms. The van der Waals surface area contributed by atoms with E-state index in [2.05, 4.69) is 10.5 Å². The molecule has 0 spiro atoms. The van der Waals surface area contributed by atoms with Crippen LogP contribution in [0.1, 0.15) is 28.6 Å². The molecule has 1 aromatic heterocycles. The van der Waals surface area contributed by atoms with Crippen LogP contribution in [0.4, 0.5) is 0 Å². The van der Waals surface area contributed by atoms with Crippen molar-refractivity contribution >= 4 is 11.6 Å². The number of nitrogens with one attached hydrogen (secondary N) is 1. The molecule has 0 amide bonds. The molecular formula is C13H17ClN4. The maximum Gasteiger partial charge on any atom is 0.0760 e. The Labute approximate surface area is 112 Å². The summed E-state index contributed by atoms with van der Waals surface area (Å²) in [6.45, 7) is 4.00. The van der Waals surface area contributed by atoms with E-state index in [-0.39, 0.29) is 6.04 Å². The zero-order valence-electron chi connectivity index (χ0n) is 10.7. The number of benzene rings is 1. The van der Waals surface area contributed by atoms with Crippen molar-refractivity contribution in [2.24, 2.45) is 12.9 Å². The first-order chi connectivity index (χ1) is 8.56. The van der Waals surface area contributed by atoms with Crippen LogP contribution < -0.4 is 11.3 Å². The summed E-state index contributed by atoms with van der Waals surface area (Å²) in [5, 5.41) is 5.11. The van der Waals surface area contributed by atoms with Crippen LogP contribution in [0, 0.1) is 13.8 Å². The molecule has 0 fully saturated rings. The second-order valence-corrected chi connectivity index (χ2v) is 4.74. The maximum atomic E-state index is 6.24. The molecule has 2 aromatic rings. The highest BCUT2D eigenvalue weighted by atomic mass is 35.5. The van der Waals surface area contributed by atoms with Gasteiger partial charge in [-0.05, 0) is 25.5 Å². The normalized spacial score (nSPS) is 12.7. The largest absolute Gasteiger partial charge is 0.272 e. The summed E-state index contributed by atoms with van der Waals surface area (Å²) in [7, 11) is 1.92. The van der Waals surface area contributed by atoms with Crippen molar-refractivity contribution in [1.29, 1.82) is 0 Å². The van der Waals surface area contributed by atoms with Gasteiger partial charge in [0, 0.05) is 23.3 Å². The van der Waals surface area contributed by atoms with E-state index in [1.165, 1.54) is 0 Å². The molecule has 0 radical (unpaired) electrons. The minimum atomic E-state index is -0.146. The molecule has 1 atom stereocenters. The third-order valence-electron chi connectivity index (χ3n) is 3.24. The highest BCUT2D eigenvalue weighted by molar-refractivity contribution is 6.31. The first kappa shape index (κ1) is 13.1. The number of nitrogens with zero attached hydrogens (tertiary/aromatic N) is 2. The zero-order chi connectivity index (χ0) is 13.3. The molecule has 3 N–H and O–H groups in total. The van der Waals surface area contributed by atoms with Gasteiger partial charge in [0.15, 0.2) is 0 Å². The Bertz CT molecular complexity index is 562. The lowest BCUT2D eigenvalue weighted by atomic mass is 9.97. The van der Waals surface area contributed by atoms with Crippen LogP contribution in [0.15, 0.2) is 24.3 Å². The quantitative estimate of drug-likeness (QED) is 0.660. The number of nitrogens with two attached hydrogens (primary N) is 1. The molecule has 96 valence electrons. The lowest BCUT2D eigenvalue weighted by molar-refractivity contribution is 0.628. The summed E-state index contributed by atoms with van der Waals surface area (Å²) in [6.07, 6.45) is 0. The predicted molar refractivity (Wildman–Crippen MR) is 73.3 cm³/mol. The van der Waals surface area contributed by atoms with Gasteiger partial charge in [0.1, 0.15) is 0 Å². The van der Waals surface area contributed by atoms with Gasteiger partial charge in [-0.15, -0.1) is 0 Å². The topological polar surface area (TPSA) is 55.9 Å². The molecule has 1 aromatic carbocycles. The van der Waals surface area contributed by atoms with E-state index in [1.807, 2.05) is 49.8 Å². The molecule has 2 rings (SSSR count). The molecular weight excluding hydrogens is 248 g/mol. The summed E-state index contributed by atoms with van der Waals surface area (Å²) >= 11 is 6.24. The average Bonchev–Trinajstić information content (AvgIpc) is 2.59. The fraction of sp³-hybridized carbons (Fsp3) is 0.308. The van der Waals surface area contributed by atoms with E-state index in [4.69, 9.17) is 17.4 Å². The van der Waals surface area contributed by atoms with E-state index >= 15 is 0 Å². The van der Waals surface area contributed by atoms with Crippen molar-refractivity contribution in [1.82, 2.24) is 15.2 Å². The number of hydrogen-bond acceptors (Lipinski definition) is 3. The summed E-state index contributed by atoms with van der Waals surface area (Å²) in [5.41, 5.74) is 6.90. The van der Waals surface area contributed by atoms with Gasteiger partial charge in [-0.2, -0.15) is 5.10 Å². The Hall–Kier alpha value is -1.36. The highest BCUT2D eigenvalue weighted by Crippen LogP contribution is 2.30. The molecule has 0 saturated carbocycles. The number of hydrazine groups is 1. The van der Waals surface area contributed by atoms with Crippen LogP contribution in [0.2, 0.25) is 5.02 Å². The van der Waals surface area contributed by atoms with E-state index < -0.39 is 0 Å². The number of aryl methyl sites for hydroxylation is 2. The standard InChI is InChI=1S/C13H17ClN4/c1-8-12(9(2)18(3)17-8)13(16-15)10-6-4-5-7-11(10)14/h4-7,13,16H,15H2,1-3H3. The monoisotopic (exact) mass is 264 g/mol. The number of aromatic nitrogens is 2. The molecule has 0 aliphatic rings. The van der Waals surface area contributed by atoms with Crippen molar-refractivity contribution in [3.63, 3.8) is 0 Å².